The molecule has 4 atom stereocenters. The summed E-state index contributed by atoms with van der Waals surface area (Å²) < 4.78 is 7.67. The third-order valence-electron chi connectivity index (χ3n) is 7.03. The van der Waals surface area contributed by atoms with Gasteiger partial charge in [-0.2, -0.15) is 5.10 Å². The van der Waals surface area contributed by atoms with Gasteiger partial charge in [0.15, 0.2) is 5.82 Å². The molecule has 8 nitrogen and oxygen atoms in total. The summed E-state index contributed by atoms with van der Waals surface area (Å²) >= 11 is 0. The summed E-state index contributed by atoms with van der Waals surface area (Å²) in [4.78, 5) is 11.8. The summed E-state index contributed by atoms with van der Waals surface area (Å²) in [5.41, 5.74) is 3.41. The second-order valence-corrected chi connectivity index (χ2v) is 9.12. The van der Waals surface area contributed by atoms with Crippen LogP contribution in [0.5, 0.6) is 0 Å². The molecule has 3 aromatic rings. The van der Waals surface area contributed by atoms with Crippen LogP contribution in [0.1, 0.15) is 43.1 Å². The van der Waals surface area contributed by atoms with Crippen LogP contribution in [0.2, 0.25) is 0 Å². The second-order valence-electron chi connectivity index (χ2n) is 9.12. The third-order valence-corrected chi connectivity index (χ3v) is 7.03. The first-order valence-corrected chi connectivity index (χ1v) is 11.2. The van der Waals surface area contributed by atoms with Crippen LogP contribution in [0, 0.1) is 13.8 Å². The molecule has 32 heavy (non-hydrogen) atoms. The third kappa shape index (κ3) is 3.46. The predicted molar refractivity (Wildman–Crippen MR) is 125 cm³/mol. The Balaban J connectivity index is 0.00000216. The number of aliphatic hydroxyl groups excluding tert-OH is 1. The zero-order chi connectivity index (χ0) is 21.1. The number of ether oxygens (including phenoxy) is 1. The maximum atomic E-state index is 10.6. The van der Waals surface area contributed by atoms with E-state index in [4.69, 9.17) is 14.7 Å². The molecule has 3 aliphatic heterocycles. The number of hydrogen-bond acceptors (Lipinski definition) is 7. The highest BCUT2D eigenvalue weighted by Gasteiger charge is 2.39. The summed E-state index contributed by atoms with van der Waals surface area (Å²) in [6.45, 7) is 7.28. The molecular formula is C24H32N6O2. The van der Waals surface area contributed by atoms with Gasteiger partial charge in [-0.25, -0.2) is 14.6 Å². The zero-order valence-corrected chi connectivity index (χ0v) is 18.0. The number of nitrogens with zero attached hydrogens (tertiary/aromatic N) is 5. The zero-order valence-electron chi connectivity index (χ0n) is 18.0. The Hall–Kier alpha value is -2.55. The first kappa shape index (κ1) is 21.3. The number of aromatic nitrogens is 4. The van der Waals surface area contributed by atoms with Gasteiger partial charge in [-0.15, -0.1) is 0 Å². The molecule has 0 spiro atoms. The number of aryl methyl sites for hydroxylation is 2. The van der Waals surface area contributed by atoms with Crippen LogP contribution in [0.3, 0.4) is 0 Å². The van der Waals surface area contributed by atoms with Gasteiger partial charge in [0.2, 0.25) is 0 Å². The fourth-order valence-corrected chi connectivity index (χ4v) is 5.46. The highest BCUT2D eigenvalue weighted by molar-refractivity contribution is 5.82. The fraction of sp³-hybridized carbons (Fsp3) is 0.542. The van der Waals surface area contributed by atoms with Gasteiger partial charge in [0, 0.05) is 30.5 Å². The predicted octanol–water partition coefficient (Wildman–Crippen LogP) is 2.48. The van der Waals surface area contributed by atoms with Crippen LogP contribution in [0.4, 0.5) is 5.82 Å². The van der Waals surface area contributed by atoms with Gasteiger partial charge in [0.25, 0.3) is 0 Å². The number of anilines is 1. The Kier molecular flexibility index (Phi) is 5.39. The normalized spacial score (nSPS) is 27.2. The van der Waals surface area contributed by atoms with Gasteiger partial charge in [-0.1, -0.05) is 7.43 Å². The van der Waals surface area contributed by atoms with Crippen molar-refractivity contribution in [1.29, 1.82) is 0 Å². The Morgan fingerprint density at radius 3 is 2.75 bits per heavy atom. The molecule has 3 aliphatic rings. The molecule has 3 saturated heterocycles. The molecule has 0 saturated carbocycles. The van der Waals surface area contributed by atoms with Crippen LogP contribution < -0.4 is 10.2 Å². The number of aliphatic hydroxyl groups is 1. The lowest BCUT2D eigenvalue weighted by Gasteiger charge is -2.30. The molecule has 0 amide bonds. The Bertz CT molecular complexity index is 1140. The van der Waals surface area contributed by atoms with Crippen molar-refractivity contribution in [3.05, 3.63) is 41.3 Å². The highest BCUT2D eigenvalue weighted by atomic mass is 16.5. The van der Waals surface area contributed by atoms with Crippen LogP contribution in [-0.4, -0.2) is 69.3 Å². The standard InChI is InChI=1S/C23H28N6O2.CH4/c1-13-5-15-9-25-29(20(15)7-19(13)18-3-4-24-10-21(18)30)23-8-22(26-14(2)27-23)28-11-17-6-16(28)12-31-17;/h5,7-9,16-18,21,24,30H,3-4,6,10-12H2,1-2H3;1H4. The van der Waals surface area contributed by atoms with E-state index in [2.05, 4.69) is 34.4 Å². The van der Waals surface area contributed by atoms with Gasteiger partial charge in [-0.05, 0) is 56.5 Å². The summed E-state index contributed by atoms with van der Waals surface area (Å²) in [6, 6.07) is 6.81. The molecule has 8 heteroatoms. The molecule has 2 bridgehead atoms. The number of β-amino-alcohol motifs (C(OH)–C–C–N with tert-alkyl or cyclic N) is 1. The first-order valence-electron chi connectivity index (χ1n) is 11.2. The van der Waals surface area contributed by atoms with E-state index in [0.29, 0.717) is 18.7 Å². The molecule has 4 unspecified atom stereocenters. The molecular weight excluding hydrogens is 404 g/mol. The second kappa shape index (κ2) is 8.10. The molecule has 2 aromatic heterocycles. The summed E-state index contributed by atoms with van der Waals surface area (Å²) in [6.07, 6.45) is 3.84. The topological polar surface area (TPSA) is 88.3 Å². The van der Waals surface area contributed by atoms with E-state index < -0.39 is 0 Å². The van der Waals surface area contributed by atoms with Crippen molar-refractivity contribution in [2.45, 2.75) is 58.3 Å². The SMILES string of the molecule is C.Cc1nc(N2CC3CC2CO3)cc(-n2ncc3cc(C)c(C4CCNCC4O)cc32)n1. The number of hydrogen-bond donors (Lipinski definition) is 2. The Morgan fingerprint density at radius 2 is 2.00 bits per heavy atom. The van der Waals surface area contributed by atoms with Gasteiger partial charge >= 0.3 is 0 Å². The van der Waals surface area contributed by atoms with Crippen LogP contribution in [-0.2, 0) is 4.74 Å². The lowest BCUT2D eigenvalue weighted by molar-refractivity contribution is 0.0988. The maximum Gasteiger partial charge on any atom is 0.159 e. The monoisotopic (exact) mass is 436 g/mol. The molecule has 0 aliphatic carbocycles. The lowest BCUT2D eigenvalue weighted by Crippen LogP contribution is -2.39. The molecule has 6 rings (SSSR count). The van der Waals surface area contributed by atoms with Crippen molar-refractivity contribution < 1.29 is 9.84 Å². The van der Waals surface area contributed by atoms with E-state index in [0.717, 1.165) is 60.9 Å². The first-order chi connectivity index (χ1) is 15.1. The van der Waals surface area contributed by atoms with E-state index in [1.807, 2.05) is 23.9 Å². The van der Waals surface area contributed by atoms with Crippen molar-refractivity contribution >= 4 is 16.7 Å². The van der Waals surface area contributed by atoms with Crippen LogP contribution >= 0.6 is 0 Å². The molecule has 1 aromatic carbocycles. The maximum absolute atomic E-state index is 10.6. The quantitative estimate of drug-likeness (QED) is 0.652. The number of nitrogens with one attached hydrogen (secondary N) is 1. The van der Waals surface area contributed by atoms with Crippen molar-refractivity contribution in [3.8, 4) is 5.82 Å². The molecule has 5 heterocycles. The number of piperidine rings is 1. The largest absolute Gasteiger partial charge is 0.391 e. The van der Waals surface area contributed by atoms with Crippen LogP contribution in [0.15, 0.2) is 24.4 Å². The van der Waals surface area contributed by atoms with Gasteiger partial charge in [0.1, 0.15) is 11.6 Å². The Labute approximate surface area is 188 Å². The number of benzene rings is 1. The molecule has 3 fully saturated rings. The summed E-state index contributed by atoms with van der Waals surface area (Å²) in [5.74, 6) is 2.60. The minimum atomic E-state index is -0.373. The van der Waals surface area contributed by atoms with E-state index in [1.54, 1.807) is 0 Å². The average molecular weight is 437 g/mol. The number of rotatable bonds is 3. The molecule has 170 valence electrons. The summed E-state index contributed by atoms with van der Waals surface area (Å²) in [7, 11) is 0. The van der Waals surface area contributed by atoms with Crippen molar-refractivity contribution in [2.24, 2.45) is 0 Å². The smallest absolute Gasteiger partial charge is 0.159 e. The average Bonchev–Trinajstić information content (AvgIpc) is 3.49. The van der Waals surface area contributed by atoms with E-state index in [-0.39, 0.29) is 19.4 Å². The van der Waals surface area contributed by atoms with Crippen molar-refractivity contribution in [1.82, 2.24) is 25.1 Å². The molecule has 0 radical (unpaired) electrons. The van der Waals surface area contributed by atoms with Crippen LogP contribution in [0.25, 0.3) is 16.7 Å². The van der Waals surface area contributed by atoms with Gasteiger partial charge in [0.05, 0.1) is 36.6 Å². The highest BCUT2D eigenvalue weighted by Crippen LogP contribution is 2.34. The van der Waals surface area contributed by atoms with Crippen molar-refractivity contribution in [2.75, 3.05) is 31.1 Å². The Morgan fingerprint density at radius 1 is 1.16 bits per heavy atom. The summed E-state index contributed by atoms with van der Waals surface area (Å²) in [5, 5.41) is 19.6. The fourth-order valence-electron chi connectivity index (χ4n) is 5.46. The van der Waals surface area contributed by atoms with Crippen molar-refractivity contribution in [3.63, 3.8) is 0 Å². The van der Waals surface area contributed by atoms with E-state index in [9.17, 15) is 5.11 Å². The van der Waals surface area contributed by atoms with Gasteiger partial charge < -0.3 is 20.1 Å². The van der Waals surface area contributed by atoms with Gasteiger partial charge in [-0.3, -0.25) is 0 Å². The number of fused-ring (bicyclic) bond motifs is 3. The number of morpholine rings is 1. The lowest BCUT2D eigenvalue weighted by atomic mass is 9.85. The minimum Gasteiger partial charge on any atom is -0.391 e. The minimum absolute atomic E-state index is 0. The van der Waals surface area contributed by atoms with E-state index in [1.165, 1.54) is 11.1 Å². The molecule has 2 N–H and O–H groups in total. The van der Waals surface area contributed by atoms with E-state index >= 15 is 0 Å².